The highest BCUT2D eigenvalue weighted by molar-refractivity contribution is 14.1. The topological polar surface area (TPSA) is 37.4 Å². The number of nitrogens with zero attached hydrogens (tertiary/aromatic N) is 1. The van der Waals surface area contributed by atoms with Crippen LogP contribution in [0.5, 0.6) is 0 Å². The second kappa shape index (κ2) is 3.77. The van der Waals surface area contributed by atoms with Gasteiger partial charge in [-0.15, -0.1) is 0 Å². The van der Waals surface area contributed by atoms with Crippen molar-refractivity contribution in [3.05, 3.63) is 39.5 Å². The lowest BCUT2D eigenvalue weighted by atomic mass is 10.3. The Bertz CT molecular complexity index is 462. The van der Waals surface area contributed by atoms with E-state index in [0.717, 1.165) is 3.57 Å². The van der Waals surface area contributed by atoms with E-state index in [1.54, 1.807) is 19.1 Å². The highest BCUT2D eigenvalue weighted by Gasteiger charge is 2.29. The van der Waals surface area contributed by atoms with Crippen molar-refractivity contribution in [3.8, 4) is 0 Å². The van der Waals surface area contributed by atoms with Crippen molar-refractivity contribution in [2.75, 3.05) is 4.90 Å². The third-order valence-electron chi connectivity index (χ3n) is 2.19. The molecular formula is C11H8INO2. The smallest absolute Gasteiger partial charge is 0.261 e. The van der Waals surface area contributed by atoms with E-state index in [4.69, 9.17) is 0 Å². The molecule has 0 atom stereocenters. The minimum Gasteiger partial charge on any atom is -0.269 e. The average Bonchev–Trinajstić information content (AvgIpc) is 2.44. The Morgan fingerprint density at radius 2 is 1.73 bits per heavy atom. The molecule has 15 heavy (non-hydrogen) atoms. The molecule has 1 aliphatic rings. The van der Waals surface area contributed by atoms with Crippen LogP contribution < -0.4 is 4.90 Å². The fourth-order valence-corrected chi connectivity index (χ4v) is 1.78. The standard InChI is InChI=1S/C11H8INO2/c1-7-6-10(14)13(11(7)15)9-4-2-8(12)3-5-9/h2-6H,1H3. The molecule has 0 saturated heterocycles. The molecular weight excluding hydrogens is 305 g/mol. The maximum Gasteiger partial charge on any atom is 0.261 e. The fraction of sp³-hybridized carbons (Fsp3) is 0.0909. The molecule has 0 unspecified atom stereocenters. The van der Waals surface area contributed by atoms with Crippen LogP contribution in [0.4, 0.5) is 5.69 Å². The van der Waals surface area contributed by atoms with Gasteiger partial charge in [-0.05, 0) is 53.8 Å². The first-order valence-electron chi connectivity index (χ1n) is 4.42. The number of halogens is 1. The molecule has 2 amide bonds. The number of carbonyl (C=O) groups is 2. The largest absolute Gasteiger partial charge is 0.269 e. The zero-order valence-electron chi connectivity index (χ0n) is 8.03. The Hall–Kier alpha value is -1.17. The number of benzene rings is 1. The van der Waals surface area contributed by atoms with E-state index in [1.807, 2.05) is 12.1 Å². The summed E-state index contributed by atoms with van der Waals surface area (Å²) in [6.07, 6.45) is 1.36. The van der Waals surface area contributed by atoms with E-state index in [-0.39, 0.29) is 11.8 Å². The van der Waals surface area contributed by atoms with Gasteiger partial charge >= 0.3 is 0 Å². The molecule has 0 saturated carbocycles. The zero-order valence-corrected chi connectivity index (χ0v) is 10.2. The molecule has 76 valence electrons. The summed E-state index contributed by atoms with van der Waals surface area (Å²) in [7, 11) is 0. The lowest BCUT2D eigenvalue weighted by molar-refractivity contribution is -0.120. The molecule has 3 nitrogen and oxygen atoms in total. The van der Waals surface area contributed by atoms with Crippen molar-refractivity contribution in [3.63, 3.8) is 0 Å². The first-order chi connectivity index (χ1) is 7.09. The van der Waals surface area contributed by atoms with Gasteiger partial charge in [-0.25, -0.2) is 4.90 Å². The predicted molar refractivity (Wildman–Crippen MR) is 65.4 cm³/mol. The van der Waals surface area contributed by atoms with Crippen LogP contribution in [-0.4, -0.2) is 11.8 Å². The summed E-state index contributed by atoms with van der Waals surface area (Å²) in [4.78, 5) is 24.3. The van der Waals surface area contributed by atoms with Crippen molar-refractivity contribution in [2.45, 2.75) is 6.92 Å². The molecule has 0 bridgehead atoms. The van der Waals surface area contributed by atoms with Crippen molar-refractivity contribution < 1.29 is 9.59 Å². The summed E-state index contributed by atoms with van der Waals surface area (Å²) in [5, 5.41) is 0. The quantitative estimate of drug-likeness (QED) is 0.588. The van der Waals surface area contributed by atoms with Crippen LogP contribution in [0.2, 0.25) is 0 Å². The van der Waals surface area contributed by atoms with Gasteiger partial charge in [-0.2, -0.15) is 0 Å². The maximum absolute atomic E-state index is 11.6. The normalized spacial score (nSPS) is 15.9. The van der Waals surface area contributed by atoms with Crippen LogP contribution >= 0.6 is 22.6 Å². The van der Waals surface area contributed by atoms with Gasteiger partial charge in [0.2, 0.25) is 0 Å². The molecule has 2 rings (SSSR count). The third kappa shape index (κ3) is 1.81. The molecule has 1 aliphatic heterocycles. The van der Waals surface area contributed by atoms with Crippen LogP contribution in [0.3, 0.4) is 0 Å². The Morgan fingerprint density at radius 1 is 1.13 bits per heavy atom. The first-order valence-corrected chi connectivity index (χ1v) is 5.50. The Labute approximate surface area is 101 Å². The lowest BCUT2D eigenvalue weighted by Crippen LogP contribution is -2.30. The van der Waals surface area contributed by atoms with Crippen molar-refractivity contribution in [1.82, 2.24) is 0 Å². The second-order valence-corrected chi connectivity index (χ2v) is 4.53. The van der Waals surface area contributed by atoms with Crippen LogP contribution in [-0.2, 0) is 9.59 Å². The average molecular weight is 313 g/mol. The van der Waals surface area contributed by atoms with Crippen molar-refractivity contribution >= 4 is 40.1 Å². The monoisotopic (exact) mass is 313 g/mol. The minimum absolute atomic E-state index is 0.235. The molecule has 0 aromatic heterocycles. The molecule has 4 heteroatoms. The number of hydrogen-bond acceptors (Lipinski definition) is 2. The number of anilines is 1. The molecule has 0 aliphatic carbocycles. The summed E-state index contributed by atoms with van der Waals surface area (Å²) in [6, 6.07) is 7.27. The Kier molecular flexibility index (Phi) is 2.60. The number of imide groups is 1. The molecule has 1 heterocycles. The highest BCUT2D eigenvalue weighted by atomic mass is 127. The zero-order chi connectivity index (χ0) is 11.0. The van der Waals surface area contributed by atoms with Crippen molar-refractivity contribution in [2.24, 2.45) is 0 Å². The number of hydrogen-bond donors (Lipinski definition) is 0. The summed E-state index contributed by atoms with van der Waals surface area (Å²) in [5.41, 5.74) is 1.11. The van der Waals surface area contributed by atoms with Crippen LogP contribution in [0.15, 0.2) is 35.9 Å². The summed E-state index contributed by atoms with van der Waals surface area (Å²) in [6.45, 7) is 1.65. The molecule has 1 aromatic carbocycles. The number of carbonyl (C=O) groups excluding carboxylic acids is 2. The highest BCUT2D eigenvalue weighted by Crippen LogP contribution is 2.22. The van der Waals surface area contributed by atoms with Crippen LogP contribution in [0, 0.1) is 3.57 Å². The van der Waals surface area contributed by atoms with E-state index in [2.05, 4.69) is 22.6 Å². The molecule has 0 radical (unpaired) electrons. The van der Waals surface area contributed by atoms with Gasteiger partial charge in [0.25, 0.3) is 11.8 Å². The predicted octanol–water partition coefficient (Wildman–Crippen LogP) is 2.11. The summed E-state index contributed by atoms with van der Waals surface area (Å²) >= 11 is 2.17. The molecule has 1 aromatic rings. The van der Waals surface area contributed by atoms with Gasteiger partial charge in [-0.1, -0.05) is 0 Å². The Morgan fingerprint density at radius 3 is 2.20 bits per heavy atom. The lowest BCUT2D eigenvalue weighted by Gasteiger charge is -2.14. The van der Waals surface area contributed by atoms with Crippen LogP contribution in [0.1, 0.15) is 6.92 Å². The van der Waals surface area contributed by atoms with E-state index in [1.165, 1.54) is 11.0 Å². The molecule has 0 fully saturated rings. The van der Waals surface area contributed by atoms with E-state index >= 15 is 0 Å². The van der Waals surface area contributed by atoms with Gasteiger partial charge in [0.05, 0.1) is 5.69 Å². The maximum atomic E-state index is 11.6. The number of rotatable bonds is 1. The first kappa shape index (κ1) is 10.4. The third-order valence-corrected chi connectivity index (χ3v) is 2.90. The van der Waals surface area contributed by atoms with Gasteiger partial charge in [0, 0.05) is 15.2 Å². The summed E-state index contributed by atoms with van der Waals surface area (Å²) < 4.78 is 1.07. The molecule has 0 spiro atoms. The number of amides is 2. The summed E-state index contributed by atoms with van der Waals surface area (Å²) in [5.74, 6) is -0.500. The van der Waals surface area contributed by atoms with Gasteiger partial charge < -0.3 is 0 Å². The molecule has 0 N–H and O–H groups in total. The van der Waals surface area contributed by atoms with Gasteiger partial charge in [0.15, 0.2) is 0 Å². The van der Waals surface area contributed by atoms with Gasteiger partial charge in [-0.3, -0.25) is 9.59 Å². The minimum atomic E-state index is -0.265. The van der Waals surface area contributed by atoms with E-state index < -0.39 is 0 Å². The van der Waals surface area contributed by atoms with Crippen molar-refractivity contribution in [1.29, 1.82) is 0 Å². The fourth-order valence-electron chi connectivity index (χ4n) is 1.42. The van der Waals surface area contributed by atoms with Gasteiger partial charge in [0.1, 0.15) is 0 Å². The van der Waals surface area contributed by atoms with E-state index in [9.17, 15) is 9.59 Å². The second-order valence-electron chi connectivity index (χ2n) is 3.28. The van der Waals surface area contributed by atoms with Crippen LogP contribution in [0.25, 0.3) is 0 Å². The van der Waals surface area contributed by atoms with E-state index in [0.29, 0.717) is 11.3 Å². The Balaban J connectivity index is 2.38. The SMILES string of the molecule is CC1=CC(=O)N(c2ccc(I)cc2)C1=O.